The minimum atomic E-state index is -1.51. The maximum absolute atomic E-state index is 13.0. The molecule has 6 nitrogen and oxygen atoms in total. The zero-order chi connectivity index (χ0) is 33.2. The maximum Gasteiger partial charge on any atom is 0.488 e. The number of carbonyl (C=O) groups excluding carboxylic acids is 2. The highest BCUT2D eigenvalue weighted by molar-refractivity contribution is 9.10. The fourth-order valence-corrected chi connectivity index (χ4v) is 5.57. The average molecular weight is 687 g/mol. The molecular formula is C36H34BBrF2N2O4. The molecule has 0 unspecified atom stereocenters. The zero-order valence-electron chi connectivity index (χ0n) is 25.2. The van der Waals surface area contributed by atoms with E-state index in [0.717, 1.165) is 57.2 Å². The third kappa shape index (κ3) is 8.87. The lowest BCUT2D eigenvalue weighted by molar-refractivity contribution is 0.0751. The molecule has 2 N–H and O–H groups in total. The fraction of sp³-hybridized carbons (Fsp3) is 0.167. The van der Waals surface area contributed by atoms with Crippen molar-refractivity contribution in [2.75, 3.05) is 26.2 Å². The van der Waals surface area contributed by atoms with Gasteiger partial charge in [0.05, 0.1) is 0 Å². The molecule has 236 valence electrons. The molecule has 4 aromatic rings. The van der Waals surface area contributed by atoms with E-state index in [2.05, 4.69) is 29.1 Å². The Labute approximate surface area is 276 Å². The molecule has 0 atom stereocenters. The van der Waals surface area contributed by atoms with Crippen LogP contribution in [0.3, 0.4) is 0 Å². The maximum atomic E-state index is 13.0. The second-order valence-corrected chi connectivity index (χ2v) is 11.6. The topological polar surface area (TPSA) is 81.1 Å². The summed E-state index contributed by atoms with van der Waals surface area (Å²) in [7, 11) is -1.51. The first-order valence-electron chi connectivity index (χ1n) is 14.7. The Morgan fingerprint density at radius 3 is 1.65 bits per heavy atom. The normalized spacial score (nSPS) is 13.3. The molecule has 0 saturated heterocycles. The van der Waals surface area contributed by atoms with E-state index in [0.29, 0.717) is 25.1 Å². The van der Waals surface area contributed by atoms with Gasteiger partial charge in [-0.1, -0.05) is 64.5 Å². The molecule has 10 heteroatoms. The molecule has 4 aromatic carbocycles. The van der Waals surface area contributed by atoms with Crippen LogP contribution in [0.15, 0.2) is 115 Å². The van der Waals surface area contributed by atoms with Gasteiger partial charge in [0.1, 0.15) is 11.6 Å². The van der Waals surface area contributed by atoms with Gasteiger partial charge in [0.15, 0.2) is 0 Å². The SMILES string of the molecule is C=CCN1CCc2cc(-c3ccc(F)cc3)ccc2C1=O.C=CCN1CCc2cc(Br)ccc2C1=O.OB(O)c1ccc(F)cc1. The standard InChI is InChI=1S/C18H16FNO.C12H12BrNO.C6H6BFO2/c1-2-10-20-11-9-15-12-14(5-8-17(15)18(20)21)13-3-6-16(19)7-4-13;1-2-6-14-7-5-9-8-10(13)3-4-11(9)12(14)15;8-6-3-1-5(2-4-6)7(9)10/h2-8,12H,1,9-11H2;2-4,8H,1,5-7H2;1-4,9-10H. The van der Waals surface area contributed by atoms with Crippen LogP contribution in [0.4, 0.5) is 8.78 Å². The summed E-state index contributed by atoms with van der Waals surface area (Å²) >= 11 is 3.42. The van der Waals surface area contributed by atoms with E-state index in [1.165, 1.54) is 36.4 Å². The number of fused-ring (bicyclic) bond motifs is 2. The van der Waals surface area contributed by atoms with Gasteiger partial charge in [-0.15, -0.1) is 13.2 Å². The first-order chi connectivity index (χ1) is 22.1. The van der Waals surface area contributed by atoms with Crippen LogP contribution in [0.1, 0.15) is 31.8 Å². The quantitative estimate of drug-likeness (QED) is 0.198. The number of benzene rings is 4. The molecule has 2 aliphatic rings. The van der Waals surface area contributed by atoms with Crippen molar-refractivity contribution < 1.29 is 28.4 Å². The molecule has 2 heterocycles. The highest BCUT2D eigenvalue weighted by Crippen LogP contribution is 2.27. The first kappa shape index (κ1) is 34.5. The van der Waals surface area contributed by atoms with E-state index in [9.17, 15) is 18.4 Å². The van der Waals surface area contributed by atoms with E-state index >= 15 is 0 Å². The lowest BCUT2D eigenvalue weighted by Crippen LogP contribution is -2.37. The summed E-state index contributed by atoms with van der Waals surface area (Å²) in [6.07, 6.45) is 5.27. The van der Waals surface area contributed by atoms with Crippen molar-refractivity contribution >= 4 is 40.3 Å². The average Bonchev–Trinajstić information content (AvgIpc) is 3.05. The molecule has 0 fully saturated rings. The van der Waals surface area contributed by atoms with Gasteiger partial charge < -0.3 is 19.8 Å². The Hall–Kier alpha value is -4.38. The third-order valence-corrected chi connectivity index (χ3v) is 8.05. The van der Waals surface area contributed by atoms with Gasteiger partial charge in [-0.05, 0) is 89.1 Å². The minimum Gasteiger partial charge on any atom is -0.423 e. The second-order valence-electron chi connectivity index (χ2n) is 10.7. The summed E-state index contributed by atoms with van der Waals surface area (Å²) in [6, 6.07) is 23.0. The summed E-state index contributed by atoms with van der Waals surface area (Å²) in [4.78, 5) is 27.9. The van der Waals surface area contributed by atoms with Crippen molar-refractivity contribution in [1.29, 1.82) is 0 Å². The molecule has 2 aliphatic heterocycles. The number of halogens is 3. The highest BCUT2D eigenvalue weighted by Gasteiger charge is 2.24. The van der Waals surface area contributed by atoms with Crippen molar-refractivity contribution in [2.45, 2.75) is 12.8 Å². The summed E-state index contributed by atoms with van der Waals surface area (Å²) in [5.74, 6) is -0.457. The largest absolute Gasteiger partial charge is 0.488 e. The number of carbonyl (C=O) groups is 2. The predicted molar refractivity (Wildman–Crippen MR) is 182 cm³/mol. The molecule has 46 heavy (non-hydrogen) atoms. The van der Waals surface area contributed by atoms with Crippen LogP contribution in [-0.4, -0.2) is 65.0 Å². The van der Waals surface area contributed by atoms with Gasteiger partial charge in [0, 0.05) is 41.8 Å². The van der Waals surface area contributed by atoms with Gasteiger partial charge in [-0.25, -0.2) is 8.78 Å². The van der Waals surface area contributed by atoms with Crippen molar-refractivity contribution in [3.8, 4) is 11.1 Å². The second kappa shape index (κ2) is 16.3. The number of hydrogen-bond acceptors (Lipinski definition) is 4. The minimum absolute atomic E-state index is 0.0572. The van der Waals surface area contributed by atoms with Crippen LogP contribution in [-0.2, 0) is 12.8 Å². The van der Waals surface area contributed by atoms with Crippen LogP contribution in [0.2, 0.25) is 0 Å². The molecule has 0 spiro atoms. The number of nitrogens with zero attached hydrogens (tertiary/aromatic N) is 2. The van der Waals surface area contributed by atoms with Crippen molar-refractivity contribution in [3.63, 3.8) is 0 Å². The van der Waals surface area contributed by atoms with Gasteiger partial charge in [-0.2, -0.15) is 0 Å². The Balaban J connectivity index is 0.000000168. The number of rotatable bonds is 6. The van der Waals surface area contributed by atoms with Crippen molar-refractivity contribution in [2.24, 2.45) is 0 Å². The summed E-state index contributed by atoms with van der Waals surface area (Å²) < 4.78 is 26.2. The number of hydrogen-bond donors (Lipinski definition) is 2. The van der Waals surface area contributed by atoms with Crippen LogP contribution in [0.5, 0.6) is 0 Å². The monoisotopic (exact) mass is 686 g/mol. The van der Waals surface area contributed by atoms with Crippen LogP contribution in [0.25, 0.3) is 11.1 Å². The third-order valence-electron chi connectivity index (χ3n) is 7.55. The van der Waals surface area contributed by atoms with Crippen molar-refractivity contribution in [3.05, 3.63) is 149 Å². The zero-order valence-corrected chi connectivity index (χ0v) is 26.8. The lowest BCUT2D eigenvalue weighted by Gasteiger charge is -2.27. The molecule has 2 amide bonds. The summed E-state index contributed by atoms with van der Waals surface area (Å²) in [6.45, 7) is 10.1. The van der Waals surface area contributed by atoms with Crippen LogP contribution >= 0.6 is 15.9 Å². The molecule has 0 aliphatic carbocycles. The van der Waals surface area contributed by atoms with Gasteiger partial charge in [-0.3, -0.25) is 9.59 Å². The van der Waals surface area contributed by atoms with Crippen LogP contribution in [0, 0.1) is 11.6 Å². The van der Waals surface area contributed by atoms with E-state index in [4.69, 9.17) is 10.0 Å². The van der Waals surface area contributed by atoms with Gasteiger partial charge >= 0.3 is 7.12 Å². The van der Waals surface area contributed by atoms with Gasteiger partial charge in [0.2, 0.25) is 0 Å². The Morgan fingerprint density at radius 1 is 0.696 bits per heavy atom. The smallest absolute Gasteiger partial charge is 0.423 e. The molecule has 0 aromatic heterocycles. The molecule has 0 bridgehead atoms. The highest BCUT2D eigenvalue weighted by atomic mass is 79.9. The predicted octanol–water partition coefficient (Wildman–Crippen LogP) is 5.82. The van der Waals surface area contributed by atoms with E-state index in [1.807, 2.05) is 41.3 Å². The first-order valence-corrected chi connectivity index (χ1v) is 15.5. The Morgan fingerprint density at radius 2 is 1.15 bits per heavy atom. The van der Waals surface area contributed by atoms with Crippen LogP contribution < -0.4 is 5.46 Å². The van der Waals surface area contributed by atoms with Gasteiger partial charge in [0.25, 0.3) is 11.8 Å². The Kier molecular flexibility index (Phi) is 12.2. The summed E-state index contributed by atoms with van der Waals surface area (Å²) in [5.41, 5.74) is 6.04. The fourth-order valence-electron chi connectivity index (χ4n) is 5.16. The lowest BCUT2D eigenvalue weighted by atomic mass is 9.80. The van der Waals surface area contributed by atoms with E-state index in [1.54, 1.807) is 29.2 Å². The summed E-state index contributed by atoms with van der Waals surface area (Å²) in [5, 5.41) is 17.1. The number of amides is 2. The molecule has 0 radical (unpaired) electrons. The van der Waals surface area contributed by atoms with Crippen molar-refractivity contribution in [1.82, 2.24) is 9.80 Å². The molecule has 6 rings (SSSR count). The molecule has 0 saturated carbocycles. The van der Waals surface area contributed by atoms with E-state index in [-0.39, 0.29) is 23.4 Å². The Bertz CT molecular complexity index is 1700. The van der Waals surface area contributed by atoms with E-state index < -0.39 is 7.12 Å². The molecular weight excluding hydrogens is 653 g/mol.